The number of carbonyl (C=O) groups is 2. The number of furan rings is 1. The van der Waals surface area contributed by atoms with Crippen LogP contribution >= 0.6 is 11.8 Å². The van der Waals surface area contributed by atoms with Crippen molar-refractivity contribution in [3.8, 4) is 11.3 Å². The molecule has 3 aromatic rings. The molecule has 6 nitrogen and oxygen atoms in total. The Morgan fingerprint density at radius 1 is 1.12 bits per heavy atom. The molecule has 1 aliphatic heterocycles. The van der Waals surface area contributed by atoms with Gasteiger partial charge < -0.3 is 9.15 Å². The largest absolute Gasteiger partial charge is 0.465 e. The monoisotopic (exact) mass is 450 g/mol. The number of thioether (sulfide) groups is 1. The summed E-state index contributed by atoms with van der Waals surface area (Å²) in [6.45, 7) is 2.33. The van der Waals surface area contributed by atoms with Crippen LogP contribution in [0.3, 0.4) is 0 Å². The lowest BCUT2D eigenvalue weighted by Crippen LogP contribution is -2.28. The van der Waals surface area contributed by atoms with Gasteiger partial charge in [-0.15, -0.1) is 0 Å². The molecule has 1 fully saturated rings. The number of methoxy groups -OCH3 is 1. The van der Waals surface area contributed by atoms with Crippen LogP contribution in [0.2, 0.25) is 0 Å². The zero-order valence-electron chi connectivity index (χ0n) is 17.4. The molecule has 0 N–H and O–H groups in total. The van der Waals surface area contributed by atoms with E-state index in [-0.39, 0.29) is 11.7 Å². The number of hydrogen-bond donors (Lipinski definition) is 0. The molecule has 0 aliphatic carbocycles. The Bertz CT molecular complexity index is 1210. The predicted octanol–water partition coefficient (Wildman–Crippen LogP) is 5.50. The Balaban J connectivity index is 1.57. The van der Waals surface area contributed by atoms with Gasteiger partial charge in [-0.3, -0.25) is 9.69 Å². The average Bonchev–Trinajstić information content (AvgIpc) is 3.39. The van der Waals surface area contributed by atoms with Crippen molar-refractivity contribution >= 4 is 40.6 Å². The van der Waals surface area contributed by atoms with Crippen LogP contribution < -0.4 is 0 Å². The Morgan fingerprint density at radius 3 is 2.50 bits per heavy atom. The Kier molecular flexibility index (Phi) is 6.23. The van der Waals surface area contributed by atoms with Crippen molar-refractivity contribution in [2.24, 2.45) is 4.99 Å². The van der Waals surface area contributed by atoms with Gasteiger partial charge in [-0.1, -0.05) is 0 Å². The molecule has 4 rings (SSSR count). The number of ether oxygens (including phenoxy) is 1. The van der Waals surface area contributed by atoms with Crippen LogP contribution in [0.1, 0.15) is 23.0 Å². The summed E-state index contributed by atoms with van der Waals surface area (Å²) < 4.78 is 23.7. The molecule has 0 spiro atoms. The van der Waals surface area contributed by atoms with E-state index in [2.05, 4.69) is 4.99 Å². The van der Waals surface area contributed by atoms with Crippen LogP contribution in [-0.2, 0) is 9.53 Å². The lowest BCUT2D eigenvalue weighted by atomic mass is 10.2. The molecule has 0 unspecified atom stereocenters. The SMILES string of the molecule is CCN1C(=O)/C(=C\c2ccc(-c3ccc(F)cc3)o2)SC1=Nc1ccc(C(=O)OC)cc1. The van der Waals surface area contributed by atoms with Crippen molar-refractivity contribution < 1.29 is 23.1 Å². The minimum absolute atomic E-state index is 0.165. The minimum Gasteiger partial charge on any atom is -0.465 e. The third kappa shape index (κ3) is 4.50. The topological polar surface area (TPSA) is 72.1 Å². The first-order valence-electron chi connectivity index (χ1n) is 9.82. The van der Waals surface area contributed by atoms with Crippen molar-refractivity contribution in [2.75, 3.05) is 13.7 Å². The summed E-state index contributed by atoms with van der Waals surface area (Å²) in [5, 5.41) is 0.542. The maximum atomic E-state index is 13.1. The first-order chi connectivity index (χ1) is 15.5. The van der Waals surface area contributed by atoms with Gasteiger partial charge in [0.25, 0.3) is 5.91 Å². The molecule has 1 saturated heterocycles. The van der Waals surface area contributed by atoms with Gasteiger partial charge in [0.2, 0.25) is 0 Å². The lowest BCUT2D eigenvalue weighted by molar-refractivity contribution is -0.122. The fourth-order valence-corrected chi connectivity index (χ4v) is 4.14. The van der Waals surface area contributed by atoms with Crippen molar-refractivity contribution in [1.29, 1.82) is 0 Å². The molecule has 2 heterocycles. The Hall–Kier alpha value is -3.65. The fraction of sp³-hybridized carbons (Fsp3) is 0.125. The Morgan fingerprint density at radius 2 is 1.84 bits per heavy atom. The van der Waals surface area contributed by atoms with E-state index in [4.69, 9.17) is 9.15 Å². The van der Waals surface area contributed by atoms with Gasteiger partial charge in [-0.25, -0.2) is 14.2 Å². The van der Waals surface area contributed by atoms with Crippen molar-refractivity contribution in [2.45, 2.75) is 6.92 Å². The van der Waals surface area contributed by atoms with Crippen LogP contribution in [-0.4, -0.2) is 35.6 Å². The summed E-state index contributed by atoms with van der Waals surface area (Å²) in [6, 6.07) is 16.2. The molecule has 8 heteroatoms. The molecule has 2 aromatic carbocycles. The van der Waals surface area contributed by atoms with E-state index in [9.17, 15) is 14.0 Å². The molecular weight excluding hydrogens is 431 g/mol. The highest BCUT2D eigenvalue weighted by molar-refractivity contribution is 8.18. The summed E-state index contributed by atoms with van der Waals surface area (Å²) >= 11 is 1.25. The molecule has 0 saturated carbocycles. The van der Waals surface area contributed by atoms with E-state index < -0.39 is 5.97 Å². The maximum absolute atomic E-state index is 13.1. The number of likely N-dealkylation sites (N-methyl/N-ethyl adjacent to an activating group) is 1. The number of amides is 1. The molecular formula is C24H19FN2O4S. The Labute approximate surface area is 188 Å². The summed E-state index contributed by atoms with van der Waals surface area (Å²) in [6.07, 6.45) is 1.67. The number of rotatable bonds is 5. The van der Waals surface area contributed by atoms with E-state index in [1.807, 2.05) is 6.92 Å². The highest BCUT2D eigenvalue weighted by atomic mass is 32.2. The number of amidine groups is 1. The third-order valence-electron chi connectivity index (χ3n) is 4.75. The van der Waals surface area contributed by atoms with E-state index in [0.717, 1.165) is 5.56 Å². The first kappa shape index (κ1) is 21.6. The van der Waals surface area contributed by atoms with Crippen molar-refractivity contribution in [1.82, 2.24) is 4.90 Å². The summed E-state index contributed by atoms with van der Waals surface area (Å²) in [5.41, 5.74) is 1.79. The summed E-state index contributed by atoms with van der Waals surface area (Å²) in [7, 11) is 1.33. The second-order valence-electron chi connectivity index (χ2n) is 6.80. The number of carbonyl (C=O) groups excluding carboxylic acids is 2. The van der Waals surface area contributed by atoms with E-state index in [0.29, 0.717) is 39.4 Å². The number of nitrogens with zero attached hydrogens (tertiary/aromatic N) is 2. The summed E-state index contributed by atoms with van der Waals surface area (Å²) in [5.74, 6) is 0.191. The number of halogens is 1. The van der Waals surface area contributed by atoms with Crippen LogP contribution in [0.15, 0.2) is 75.0 Å². The van der Waals surface area contributed by atoms with Gasteiger partial charge in [-0.05, 0) is 79.3 Å². The zero-order chi connectivity index (χ0) is 22.7. The van der Waals surface area contributed by atoms with Gasteiger partial charge in [0.05, 0.1) is 23.3 Å². The molecule has 1 amide bonds. The van der Waals surface area contributed by atoms with Crippen molar-refractivity contribution in [3.63, 3.8) is 0 Å². The summed E-state index contributed by atoms with van der Waals surface area (Å²) in [4.78, 5) is 31.1. The van der Waals surface area contributed by atoms with E-state index in [1.54, 1.807) is 59.5 Å². The fourth-order valence-electron chi connectivity index (χ4n) is 3.10. The molecule has 1 aromatic heterocycles. The number of hydrogen-bond acceptors (Lipinski definition) is 6. The molecule has 0 radical (unpaired) electrons. The first-order valence-corrected chi connectivity index (χ1v) is 10.6. The zero-order valence-corrected chi connectivity index (χ0v) is 18.2. The highest BCUT2D eigenvalue weighted by Crippen LogP contribution is 2.35. The van der Waals surface area contributed by atoms with Crippen LogP contribution in [0, 0.1) is 5.82 Å². The number of benzene rings is 2. The van der Waals surface area contributed by atoms with E-state index >= 15 is 0 Å². The normalized spacial score (nSPS) is 16.2. The molecule has 1 aliphatic rings. The van der Waals surface area contributed by atoms with Crippen LogP contribution in [0.25, 0.3) is 17.4 Å². The van der Waals surface area contributed by atoms with Gasteiger partial charge in [0.1, 0.15) is 17.3 Å². The molecule has 0 atom stereocenters. The second-order valence-corrected chi connectivity index (χ2v) is 7.81. The van der Waals surface area contributed by atoms with Gasteiger partial charge in [0.15, 0.2) is 5.17 Å². The van der Waals surface area contributed by atoms with Crippen LogP contribution in [0.4, 0.5) is 10.1 Å². The average molecular weight is 450 g/mol. The minimum atomic E-state index is -0.423. The second kappa shape index (κ2) is 9.23. The predicted molar refractivity (Wildman–Crippen MR) is 122 cm³/mol. The third-order valence-corrected chi connectivity index (χ3v) is 5.75. The lowest BCUT2D eigenvalue weighted by Gasteiger charge is -2.12. The van der Waals surface area contributed by atoms with E-state index in [1.165, 1.54) is 31.0 Å². The quantitative estimate of drug-likeness (QED) is 0.379. The van der Waals surface area contributed by atoms with Gasteiger partial charge in [-0.2, -0.15) is 0 Å². The number of aliphatic imine (C=N–C) groups is 1. The van der Waals surface area contributed by atoms with Gasteiger partial charge >= 0.3 is 5.97 Å². The standard InChI is InChI=1S/C24H19FN2O4S/c1-3-27-22(28)21(14-19-12-13-20(31-19)15-4-8-17(25)9-5-15)32-24(27)26-18-10-6-16(7-11-18)23(29)30-2/h4-14H,3H2,1-2H3/b21-14+,26-24?. The molecule has 162 valence electrons. The van der Waals surface area contributed by atoms with Crippen molar-refractivity contribution in [3.05, 3.63) is 82.7 Å². The highest BCUT2D eigenvalue weighted by Gasteiger charge is 2.32. The molecule has 0 bridgehead atoms. The van der Waals surface area contributed by atoms with Gasteiger partial charge in [0, 0.05) is 18.2 Å². The molecule has 32 heavy (non-hydrogen) atoms. The number of esters is 1. The maximum Gasteiger partial charge on any atom is 0.337 e. The van der Waals surface area contributed by atoms with Crippen LogP contribution in [0.5, 0.6) is 0 Å². The smallest absolute Gasteiger partial charge is 0.337 e.